The molecule has 0 unspecified atom stereocenters. The zero-order valence-electron chi connectivity index (χ0n) is 18.1. The molecule has 0 aliphatic carbocycles. The summed E-state index contributed by atoms with van der Waals surface area (Å²) in [7, 11) is 1.66. The molecule has 2 aromatic rings. The number of anilines is 1. The van der Waals surface area contributed by atoms with E-state index in [2.05, 4.69) is 0 Å². The molecule has 1 saturated heterocycles. The van der Waals surface area contributed by atoms with Gasteiger partial charge in [0, 0.05) is 37.3 Å². The van der Waals surface area contributed by atoms with Crippen LogP contribution in [0.15, 0.2) is 36.4 Å². The largest absolute Gasteiger partial charge is 0.457 e. The summed E-state index contributed by atoms with van der Waals surface area (Å²) < 4.78 is 11.5. The number of nitrogens with zero attached hydrogens (tertiary/aromatic N) is 2. The second kappa shape index (κ2) is 9.37. The van der Waals surface area contributed by atoms with Crippen molar-refractivity contribution in [1.82, 2.24) is 4.90 Å². The Morgan fingerprint density at radius 2 is 1.87 bits per heavy atom. The number of amides is 2. The molecule has 0 aromatic heterocycles. The fraction of sp³-hybridized carbons (Fsp3) is 0.391. The van der Waals surface area contributed by atoms with Crippen LogP contribution >= 0.6 is 23.2 Å². The summed E-state index contributed by atoms with van der Waals surface area (Å²) in [6.45, 7) is 6.36. The Morgan fingerprint density at radius 3 is 2.48 bits per heavy atom. The van der Waals surface area contributed by atoms with E-state index in [4.69, 9.17) is 32.7 Å². The van der Waals surface area contributed by atoms with E-state index < -0.39 is 11.7 Å². The predicted molar refractivity (Wildman–Crippen MR) is 122 cm³/mol. The maximum atomic E-state index is 12.5. The summed E-state index contributed by atoms with van der Waals surface area (Å²) >= 11 is 12.1. The average molecular weight is 465 g/mol. The van der Waals surface area contributed by atoms with E-state index in [1.165, 1.54) is 4.90 Å². The smallest absolute Gasteiger partial charge is 0.410 e. The van der Waals surface area contributed by atoms with Crippen molar-refractivity contribution in [1.29, 1.82) is 0 Å². The number of carbonyl (C=O) groups is 2. The van der Waals surface area contributed by atoms with E-state index in [1.54, 1.807) is 36.2 Å². The highest BCUT2D eigenvalue weighted by Crippen LogP contribution is 2.34. The van der Waals surface area contributed by atoms with Gasteiger partial charge < -0.3 is 19.3 Å². The van der Waals surface area contributed by atoms with Gasteiger partial charge in [0.2, 0.25) is 5.91 Å². The van der Waals surface area contributed by atoms with Crippen LogP contribution in [0.5, 0.6) is 11.5 Å². The molecule has 0 N–H and O–H groups in total. The molecule has 0 bridgehead atoms. The number of hydrogen-bond donors (Lipinski definition) is 0. The monoisotopic (exact) mass is 464 g/mol. The summed E-state index contributed by atoms with van der Waals surface area (Å²) in [6.07, 6.45) is 0.915. The van der Waals surface area contributed by atoms with Gasteiger partial charge in [-0.05, 0) is 57.5 Å². The molecule has 2 amide bonds. The van der Waals surface area contributed by atoms with Crippen LogP contribution in [0.1, 0.15) is 39.2 Å². The maximum Gasteiger partial charge on any atom is 0.410 e. The molecule has 3 rings (SSSR count). The number of ether oxygens (including phenoxy) is 2. The fourth-order valence-electron chi connectivity index (χ4n) is 3.21. The Bertz CT molecular complexity index is 988. The molecule has 0 radical (unpaired) electrons. The van der Waals surface area contributed by atoms with Crippen molar-refractivity contribution < 1.29 is 19.1 Å². The van der Waals surface area contributed by atoms with Gasteiger partial charge in [-0.15, -0.1) is 0 Å². The second-order valence-electron chi connectivity index (χ2n) is 8.46. The van der Waals surface area contributed by atoms with Gasteiger partial charge in [0.15, 0.2) is 0 Å². The molecule has 8 heteroatoms. The highest BCUT2D eigenvalue weighted by Gasteiger charge is 2.24. The topological polar surface area (TPSA) is 59.1 Å². The summed E-state index contributed by atoms with van der Waals surface area (Å²) in [5, 5.41) is 0.813. The van der Waals surface area contributed by atoms with Crippen molar-refractivity contribution >= 4 is 40.9 Å². The molecular weight excluding hydrogens is 439 g/mol. The number of carbonyl (C=O) groups excluding carboxylic acids is 2. The zero-order valence-corrected chi connectivity index (χ0v) is 19.6. The van der Waals surface area contributed by atoms with Gasteiger partial charge in [0.25, 0.3) is 0 Å². The molecule has 6 nitrogen and oxygen atoms in total. The van der Waals surface area contributed by atoms with Crippen molar-refractivity contribution in [3.63, 3.8) is 0 Å². The van der Waals surface area contributed by atoms with Crippen LogP contribution in [-0.2, 0) is 16.1 Å². The normalized spacial score (nSPS) is 14.0. The first-order valence-electron chi connectivity index (χ1n) is 10.0. The molecule has 166 valence electrons. The van der Waals surface area contributed by atoms with Crippen LogP contribution in [0.2, 0.25) is 10.0 Å². The highest BCUT2D eigenvalue weighted by atomic mass is 35.5. The Labute approximate surface area is 192 Å². The first kappa shape index (κ1) is 23.2. The van der Waals surface area contributed by atoms with Gasteiger partial charge in [0.1, 0.15) is 17.1 Å². The van der Waals surface area contributed by atoms with E-state index in [1.807, 2.05) is 32.9 Å². The van der Waals surface area contributed by atoms with Crippen molar-refractivity contribution in [3.8, 4) is 11.5 Å². The van der Waals surface area contributed by atoms with E-state index in [0.29, 0.717) is 34.5 Å². The lowest BCUT2D eigenvalue weighted by atomic mass is 10.1. The predicted octanol–water partition coefficient (Wildman–Crippen LogP) is 6.28. The third-order valence-corrected chi connectivity index (χ3v) is 5.40. The standard InChI is InChI=1S/C23H26Cl2N2O4/c1-23(2,3)31-22(29)26(4)14-15-12-16(27-11-5-6-21(27)28)7-10-20(15)30-17-8-9-18(24)19(25)13-17/h7-10,12-13H,5-6,11,14H2,1-4H3. The quantitative estimate of drug-likeness (QED) is 0.522. The number of benzene rings is 2. The molecule has 1 fully saturated rings. The van der Waals surface area contributed by atoms with Crippen LogP contribution in [0.3, 0.4) is 0 Å². The lowest BCUT2D eigenvalue weighted by Gasteiger charge is -2.26. The van der Waals surface area contributed by atoms with Crippen molar-refractivity contribution in [2.45, 2.75) is 45.8 Å². The van der Waals surface area contributed by atoms with Gasteiger partial charge in [-0.1, -0.05) is 23.2 Å². The minimum absolute atomic E-state index is 0.0876. The Balaban J connectivity index is 1.90. The second-order valence-corrected chi connectivity index (χ2v) is 9.27. The summed E-state index contributed by atoms with van der Waals surface area (Å²) in [5.41, 5.74) is 0.905. The molecule has 1 heterocycles. The summed E-state index contributed by atoms with van der Waals surface area (Å²) in [4.78, 5) is 27.9. The van der Waals surface area contributed by atoms with Crippen LogP contribution in [-0.4, -0.2) is 36.1 Å². The Kier molecular flexibility index (Phi) is 7.02. The zero-order chi connectivity index (χ0) is 22.8. The van der Waals surface area contributed by atoms with E-state index in [0.717, 1.165) is 17.7 Å². The maximum absolute atomic E-state index is 12.5. The lowest BCUT2D eigenvalue weighted by molar-refractivity contribution is -0.117. The molecule has 0 atom stereocenters. The third-order valence-electron chi connectivity index (χ3n) is 4.66. The molecule has 1 aliphatic rings. The van der Waals surface area contributed by atoms with E-state index in [9.17, 15) is 9.59 Å². The number of hydrogen-bond acceptors (Lipinski definition) is 4. The van der Waals surface area contributed by atoms with Crippen LogP contribution in [0.25, 0.3) is 0 Å². The SMILES string of the molecule is CN(Cc1cc(N2CCCC2=O)ccc1Oc1ccc(Cl)c(Cl)c1)C(=O)OC(C)(C)C. The molecule has 0 spiro atoms. The summed E-state index contributed by atoms with van der Waals surface area (Å²) in [5.74, 6) is 1.15. The molecule has 2 aromatic carbocycles. The van der Waals surface area contributed by atoms with Crippen molar-refractivity contribution in [2.24, 2.45) is 0 Å². The Hall–Kier alpha value is -2.44. The first-order valence-corrected chi connectivity index (χ1v) is 10.8. The van der Waals surface area contributed by atoms with E-state index >= 15 is 0 Å². The fourth-order valence-corrected chi connectivity index (χ4v) is 3.49. The van der Waals surface area contributed by atoms with Crippen LogP contribution in [0.4, 0.5) is 10.5 Å². The third kappa shape index (κ3) is 6.05. The van der Waals surface area contributed by atoms with Gasteiger partial charge in [-0.25, -0.2) is 4.79 Å². The van der Waals surface area contributed by atoms with Crippen molar-refractivity contribution in [2.75, 3.05) is 18.5 Å². The van der Waals surface area contributed by atoms with Gasteiger partial charge in [-0.2, -0.15) is 0 Å². The van der Waals surface area contributed by atoms with Gasteiger partial charge >= 0.3 is 6.09 Å². The van der Waals surface area contributed by atoms with E-state index in [-0.39, 0.29) is 12.5 Å². The lowest BCUT2D eigenvalue weighted by Crippen LogP contribution is -2.34. The molecule has 31 heavy (non-hydrogen) atoms. The molecule has 1 aliphatic heterocycles. The van der Waals surface area contributed by atoms with Crippen LogP contribution in [0, 0.1) is 0 Å². The van der Waals surface area contributed by atoms with Gasteiger partial charge in [-0.3, -0.25) is 4.79 Å². The Morgan fingerprint density at radius 1 is 1.13 bits per heavy atom. The minimum Gasteiger partial charge on any atom is -0.457 e. The van der Waals surface area contributed by atoms with Crippen molar-refractivity contribution in [3.05, 3.63) is 52.0 Å². The summed E-state index contributed by atoms with van der Waals surface area (Å²) in [6, 6.07) is 10.5. The number of rotatable bonds is 5. The minimum atomic E-state index is -0.603. The first-order chi connectivity index (χ1) is 14.5. The number of halogens is 2. The molecule has 0 saturated carbocycles. The van der Waals surface area contributed by atoms with Crippen LogP contribution < -0.4 is 9.64 Å². The average Bonchev–Trinajstić information content (AvgIpc) is 3.10. The molecular formula is C23H26Cl2N2O4. The highest BCUT2D eigenvalue weighted by molar-refractivity contribution is 6.42. The van der Waals surface area contributed by atoms with Gasteiger partial charge in [0.05, 0.1) is 16.6 Å².